The predicted molar refractivity (Wildman–Crippen MR) is 108 cm³/mol. The second-order valence-corrected chi connectivity index (χ2v) is 7.63. The van der Waals surface area contributed by atoms with Crippen LogP contribution >= 0.6 is 0 Å². The number of fused-ring (bicyclic) bond motifs is 1. The van der Waals surface area contributed by atoms with E-state index in [2.05, 4.69) is 0 Å². The number of aliphatic hydroxyl groups is 3. The molecule has 2 aliphatic heterocycles. The van der Waals surface area contributed by atoms with Gasteiger partial charge in [-0.15, -0.1) is 0 Å². The Morgan fingerprint density at radius 2 is 1.79 bits per heavy atom. The summed E-state index contributed by atoms with van der Waals surface area (Å²) in [6, 6.07) is 10.2. The van der Waals surface area contributed by atoms with Crippen molar-refractivity contribution in [2.75, 3.05) is 7.11 Å². The molecule has 0 aliphatic carbocycles. The molecule has 176 valence electrons. The smallest absolute Gasteiger partial charge is 0.335 e. The van der Waals surface area contributed by atoms with Crippen LogP contribution in [0.5, 0.6) is 23.0 Å². The van der Waals surface area contributed by atoms with Gasteiger partial charge in [0, 0.05) is 6.07 Å². The summed E-state index contributed by atoms with van der Waals surface area (Å²) >= 11 is 0. The maximum Gasteiger partial charge on any atom is 0.335 e. The molecule has 1 saturated heterocycles. The first-order valence-corrected chi connectivity index (χ1v) is 10.0. The number of methoxy groups -OCH3 is 1. The Morgan fingerprint density at radius 1 is 1.09 bits per heavy atom. The summed E-state index contributed by atoms with van der Waals surface area (Å²) in [5.74, 6) is -3.09. The van der Waals surface area contributed by atoms with Gasteiger partial charge in [-0.25, -0.2) is 4.79 Å². The lowest BCUT2D eigenvalue weighted by Gasteiger charge is -2.38. The van der Waals surface area contributed by atoms with E-state index in [1.165, 1.54) is 13.2 Å². The zero-order chi connectivity index (χ0) is 23.9. The molecule has 2 aromatic carbocycles. The zero-order valence-electron chi connectivity index (χ0n) is 17.3. The molecule has 33 heavy (non-hydrogen) atoms. The summed E-state index contributed by atoms with van der Waals surface area (Å²) in [5, 5.41) is 50.0. The highest BCUT2D eigenvalue weighted by Crippen LogP contribution is 2.49. The second-order valence-electron chi connectivity index (χ2n) is 7.63. The molecule has 0 spiro atoms. The number of phenols is 1. The summed E-state index contributed by atoms with van der Waals surface area (Å²) in [4.78, 5) is 24.1. The molecule has 11 nitrogen and oxygen atoms in total. The van der Waals surface area contributed by atoms with Crippen LogP contribution in [0.25, 0.3) is 0 Å². The fourth-order valence-corrected chi connectivity index (χ4v) is 3.84. The first kappa shape index (κ1) is 22.8. The van der Waals surface area contributed by atoms with Crippen LogP contribution in [-0.4, -0.2) is 75.1 Å². The van der Waals surface area contributed by atoms with Crippen LogP contribution in [0.1, 0.15) is 28.4 Å². The van der Waals surface area contributed by atoms with Gasteiger partial charge in [0.2, 0.25) is 12.0 Å². The van der Waals surface area contributed by atoms with Crippen LogP contribution in [0, 0.1) is 0 Å². The van der Waals surface area contributed by atoms with Crippen LogP contribution < -0.4 is 14.2 Å². The van der Waals surface area contributed by atoms with Crippen molar-refractivity contribution < 1.29 is 54.1 Å². The average molecular weight is 462 g/mol. The Balaban J connectivity index is 1.69. The largest absolute Gasteiger partial charge is 0.504 e. The van der Waals surface area contributed by atoms with Gasteiger partial charge in [0.25, 0.3) is 0 Å². The summed E-state index contributed by atoms with van der Waals surface area (Å²) in [5.41, 5.74) is 0.622. The Kier molecular flexibility index (Phi) is 6.13. The topological polar surface area (TPSA) is 172 Å². The predicted octanol–water partition coefficient (Wildman–Crippen LogP) is 0.378. The molecule has 2 aromatic rings. The van der Waals surface area contributed by atoms with Crippen LogP contribution in [-0.2, 0) is 9.53 Å². The number of aromatic hydroxyl groups is 1. The molecule has 4 rings (SSSR count). The maximum atomic E-state index is 12.8. The van der Waals surface area contributed by atoms with Crippen LogP contribution in [0.15, 0.2) is 36.4 Å². The van der Waals surface area contributed by atoms with Crippen LogP contribution in [0.2, 0.25) is 0 Å². The highest BCUT2D eigenvalue weighted by molar-refractivity contribution is 6.03. The molecule has 0 unspecified atom stereocenters. The van der Waals surface area contributed by atoms with Gasteiger partial charge in [-0.1, -0.05) is 30.3 Å². The van der Waals surface area contributed by atoms with Crippen LogP contribution in [0.4, 0.5) is 0 Å². The van der Waals surface area contributed by atoms with E-state index < -0.39 is 54.3 Å². The van der Waals surface area contributed by atoms with E-state index in [0.717, 1.165) is 5.56 Å². The van der Waals surface area contributed by atoms with Crippen molar-refractivity contribution >= 4 is 11.8 Å². The number of Topliss-reactive ketones (excluding diaryl/α,β-unsaturated/α-hetero) is 1. The molecule has 2 aliphatic rings. The summed E-state index contributed by atoms with van der Waals surface area (Å²) in [7, 11) is 1.20. The van der Waals surface area contributed by atoms with E-state index in [4.69, 9.17) is 18.9 Å². The van der Waals surface area contributed by atoms with Crippen molar-refractivity contribution in [3.63, 3.8) is 0 Å². The molecule has 2 heterocycles. The lowest BCUT2D eigenvalue weighted by atomic mass is 9.95. The van der Waals surface area contributed by atoms with E-state index in [1.807, 2.05) is 6.07 Å². The molecule has 6 atom stereocenters. The third-order valence-electron chi connectivity index (χ3n) is 5.53. The Bertz CT molecular complexity index is 1050. The van der Waals surface area contributed by atoms with Crippen molar-refractivity contribution in [1.29, 1.82) is 0 Å². The van der Waals surface area contributed by atoms with Crippen molar-refractivity contribution in [2.24, 2.45) is 0 Å². The van der Waals surface area contributed by atoms with E-state index in [9.17, 15) is 35.1 Å². The van der Waals surface area contributed by atoms with E-state index in [-0.39, 0.29) is 29.2 Å². The number of carbonyl (C=O) groups is 2. The minimum atomic E-state index is -1.90. The quantitative estimate of drug-likeness (QED) is 0.416. The lowest BCUT2D eigenvalue weighted by molar-refractivity contribution is -0.271. The van der Waals surface area contributed by atoms with Gasteiger partial charge < -0.3 is 44.5 Å². The van der Waals surface area contributed by atoms with E-state index >= 15 is 0 Å². The highest BCUT2D eigenvalue weighted by atomic mass is 16.7. The van der Waals surface area contributed by atoms with Crippen molar-refractivity contribution in [2.45, 2.75) is 43.2 Å². The number of benzene rings is 2. The number of aliphatic carboxylic acids is 1. The normalized spacial score (nSPS) is 29.0. The number of carboxylic acids is 1. The molecule has 0 amide bonds. The molecule has 5 N–H and O–H groups in total. The fourth-order valence-electron chi connectivity index (χ4n) is 3.84. The van der Waals surface area contributed by atoms with Crippen molar-refractivity contribution in [1.82, 2.24) is 0 Å². The number of rotatable bonds is 5. The molecule has 0 saturated carbocycles. The number of hydrogen-bond acceptors (Lipinski definition) is 10. The number of ether oxygens (including phenoxy) is 4. The zero-order valence-corrected chi connectivity index (χ0v) is 17.3. The molecule has 11 heteroatoms. The minimum absolute atomic E-state index is 0.0194. The summed E-state index contributed by atoms with van der Waals surface area (Å²) < 4.78 is 21.7. The van der Waals surface area contributed by atoms with Gasteiger partial charge in [0.15, 0.2) is 23.4 Å². The number of aliphatic hydroxyl groups excluding tert-OH is 3. The number of phenolic OH excluding ortho intramolecular Hbond substituents is 1. The first-order valence-electron chi connectivity index (χ1n) is 10.0. The number of ketones is 1. The van der Waals surface area contributed by atoms with Gasteiger partial charge in [-0.05, 0) is 5.56 Å². The molecular formula is C22H22O11. The Morgan fingerprint density at radius 3 is 2.42 bits per heavy atom. The van der Waals surface area contributed by atoms with E-state index in [0.29, 0.717) is 0 Å². The Hall–Kier alpha value is -3.38. The third-order valence-corrected chi connectivity index (χ3v) is 5.53. The number of carbonyl (C=O) groups excluding carboxylic acids is 1. The fraction of sp³-hybridized carbons (Fsp3) is 0.364. The van der Waals surface area contributed by atoms with Gasteiger partial charge >= 0.3 is 5.97 Å². The van der Waals surface area contributed by atoms with Gasteiger partial charge in [0.05, 0.1) is 13.5 Å². The molecular weight excluding hydrogens is 440 g/mol. The standard InChI is InChI=1S/C22H22O11/c1-30-19-13(32-22-18(27)16(25)17(26)20(33-22)21(28)29)8-12-14(15(19)24)10(23)7-11(31-12)9-5-3-2-4-6-9/h2-6,8,11,16-18,20,22,24-27H,7H2,1H3,(H,28,29)/t11-,16-,17-,18+,20-,22+/m0/s1. The first-order chi connectivity index (χ1) is 15.7. The van der Waals surface area contributed by atoms with Crippen molar-refractivity contribution in [3.05, 3.63) is 47.5 Å². The molecule has 0 bridgehead atoms. The molecule has 0 aromatic heterocycles. The molecule has 0 radical (unpaired) electrons. The third kappa shape index (κ3) is 4.07. The van der Waals surface area contributed by atoms with Gasteiger partial charge in [0.1, 0.15) is 35.7 Å². The highest BCUT2D eigenvalue weighted by Gasteiger charge is 2.48. The van der Waals surface area contributed by atoms with Gasteiger partial charge in [-0.3, -0.25) is 4.79 Å². The van der Waals surface area contributed by atoms with Gasteiger partial charge in [-0.2, -0.15) is 0 Å². The lowest BCUT2D eigenvalue weighted by Crippen LogP contribution is -2.61. The monoisotopic (exact) mass is 462 g/mol. The SMILES string of the molecule is COc1c(O[C@@H]2O[C@H](C(=O)O)[C@@H](O)[C@H](O)[C@H]2O)cc2c(c1O)C(=O)C[C@@H](c1ccccc1)O2. The Labute approximate surface area is 187 Å². The number of carboxylic acid groups (broad SMARTS) is 1. The molecule has 1 fully saturated rings. The van der Waals surface area contributed by atoms with Crippen LogP contribution in [0.3, 0.4) is 0 Å². The summed E-state index contributed by atoms with van der Waals surface area (Å²) in [6.07, 6.45) is -9.91. The van der Waals surface area contributed by atoms with Crippen molar-refractivity contribution in [3.8, 4) is 23.0 Å². The number of hydrogen-bond donors (Lipinski definition) is 5. The summed E-state index contributed by atoms with van der Waals surface area (Å²) in [6.45, 7) is 0. The van der Waals surface area contributed by atoms with E-state index in [1.54, 1.807) is 24.3 Å². The maximum absolute atomic E-state index is 12.8. The second kappa shape index (κ2) is 8.87. The average Bonchev–Trinajstić information content (AvgIpc) is 2.79. The minimum Gasteiger partial charge on any atom is -0.504 e.